The number of amides is 2. The highest BCUT2D eigenvalue weighted by Gasteiger charge is 2.44. The SMILES string of the molecule is CCC1C(=O)NC(C)C(=O)N1C1CC1. The summed E-state index contributed by atoms with van der Waals surface area (Å²) in [6.07, 6.45) is 2.82. The van der Waals surface area contributed by atoms with E-state index in [2.05, 4.69) is 5.32 Å². The zero-order valence-corrected chi connectivity index (χ0v) is 8.62. The standard InChI is InChI=1S/C10H16N2O2/c1-3-8-9(13)11-6(2)10(14)12(8)7-4-5-7/h6-8H,3-5H2,1-2H3,(H,11,13). The molecule has 2 aliphatic rings. The minimum absolute atomic E-state index is 0.00602. The lowest BCUT2D eigenvalue weighted by Crippen LogP contribution is -2.62. The van der Waals surface area contributed by atoms with E-state index in [1.165, 1.54) is 0 Å². The van der Waals surface area contributed by atoms with Gasteiger partial charge < -0.3 is 10.2 Å². The summed E-state index contributed by atoms with van der Waals surface area (Å²) in [5.74, 6) is 0.0884. The molecule has 14 heavy (non-hydrogen) atoms. The van der Waals surface area contributed by atoms with Crippen LogP contribution in [0.3, 0.4) is 0 Å². The predicted octanol–water partition coefficient (Wildman–Crippen LogP) is 0.274. The van der Waals surface area contributed by atoms with Crippen molar-refractivity contribution >= 4 is 11.8 Å². The van der Waals surface area contributed by atoms with Crippen molar-refractivity contribution in [3.05, 3.63) is 0 Å². The Bertz CT molecular complexity index is 273. The van der Waals surface area contributed by atoms with Gasteiger partial charge in [0.1, 0.15) is 12.1 Å². The second kappa shape index (κ2) is 3.26. The average molecular weight is 196 g/mol. The Morgan fingerprint density at radius 1 is 1.43 bits per heavy atom. The molecule has 2 unspecified atom stereocenters. The van der Waals surface area contributed by atoms with E-state index in [4.69, 9.17) is 0 Å². The maximum absolute atomic E-state index is 11.8. The molecule has 2 amide bonds. The molecule has 1 aliphatic heterocycles. The lowest BCUT2D eigenvalue weighted by atomic mass is 10.1. The van der Waals surface area contributed by atoms with Crippen LogP contribution in [0, 0.1) is 0 Å². The average Bonchev–Trinajstić information content (AvgIpc) is 2.94. The van der Waals surface area contributed by atoms with E-state index in [1.54, 1.807) is 11.8 Å². The second-order valence-corrected chi connectivity index (χ2v) is 4.13. The van der Waals surface area contributed by atoms with Crippen LogP contribution in [0.25, 0.3) is 0 Å². The summed E-state index contributed by atoms with van der Waals surface area (Å²) in [7, 11) is 0. The first-order chi connectivity index (χ1) is 6.65. The molecule has 1 heterocycles. The number of hydrogen-bond acceptors (Lipinski definition) is 2. The maximum Gasteiger partial charge on any atom is 0.245 e. The summed E-state index contributed by atoms with van der Waals surface area (Å²) in [6.45, 7) is 3.70. The molecule has 1 saturated heterocycles. The zero-order valence-electron chi connectivity index (χ0n) is 8.62. The van der Waals surface area contributed by atoms with Crippen LogP contribution >= 0.6 is 0 Å². The number of hydrogen-bond donors (Lipinski definition) is 1. The summed E-state index contributed by atoms with van der Waals surface area (Å²) in [4.78, 5) is 25.2. The topological polar surface area (TPSA) is 49.4 Å². The highest BCUT2D eigenvalue weighted by Crippen LogP contribution is 2.31. The van der Waals surface area contributed by atoms with Crippen molar-refractivity contribution in [3.63, 3.8) is 0 Å². The summed E-state index contributed by atoms with van der Waals surface area (Å²) in [6, 6.07) is -0.238. The monoisotopic (exact) mass is 196 g/mol. The number of carbonyl (C=O) groups excluding carboxylic acids is 2. The van der Waals surface area contributed by atoms with Crippen LogP contribution in [0.15, 0.2) is 0 Å². The van der Waals surface area contributed by atoms with E-state index >= 15 is 0 Å². The van der Waals surface area contributed by atoms with Gasteiger partial charge in [-0.3, -0.25) is 9.59 Å². The molecule has 2 rings (SSSR count). The van der Waals surface area contributed by atoms with Gasteiger partial charge in [-0.1, -0.05) is 6.92 Å². The fourth-order valence-corrected chi connectivity index (χ4v) is 2.04. The van der Waals surface area contributed by atoms with Crippen LogP contribution in [0.5, 0.6) is 0 Å². The van der Waals surface area contributed by atoms with E-state index in [0.29, 0.717) is 12.5 Å². The van der Waals surface area contributed by atoms with Crippen molar-refractivity contribution in [3.8, 4) is 0 Å². The lowest BCUT2D eigenvalue weighted by molar-refractivity contribution is -0.149. The Hall–Kier alpha value is -1.06. The largest absolute Gasteiger partial charge is 0.343 e. The minimum atomic E-state index is -0.342. The van der Waals surface area contributed by atoms with Gasteiger partial charge in [0.15, 0.2) is 0 Å². The van der Waals surface area contributed by atoms with E-state index < -0.39 is 0 Å². The molecular weight excluding hydrogens is 180 g/mol. The maximum atomic E-state index is 11.8. The van der Waals surface area contributed by atoms with E-state index in [1.807, 2.05) is 6.92 Å². The van der Waals surface area contributed by atoms with Gasteiger partial charge in [-0.15, -0.1) is 0 Å². The quantitative estimate of drug-likeness (QED) is 0.689. The summed E-state index contributed by atoms with van der Waals surface area (Å²) in [5.41, 5.74) is 0. The van der Waals surface area contributed by atoms with Crippen molar-refractivity contribution in [2.45, 2.75) is 51.2 Å². The van der Waals surface area contributed by atoms with Gasteiger partial charge in [-0.25, -0.2) is 0 Å². The van der Waals surface area contributed by atoms with Crippen LogP contribution in [0.4, 0.5) is 0 Å². The van der Waals surface area contributed by atoms with Crippen LogP contribution < -0.4 is 5.32 Å². The third kappa shape index (κ3) is 1.38. The molecule has 0 aromatic heterocycles. The molecule has 1 aliphatic carbocycles. The Morgan fingerprint density at radius 2 is 2.07 bits per heavy atom. The summed E-state index contributed by atoms with van der Waals surface area (Å²) >= 11 is 0. The Morgan fingerprint density at radius 3 is 2.57 bits per heavy atom. The van der Waals surface area contributed by atoms with Crippen molar-refractivity contribution in [1.82, 2.24) is 10.2 Å². The smallest absolute Gasteiger partial charge is 0.245 e. The van der Waals surface area contributed by atoms with E-state index in [9.17, 15) is 9.59 Å². The molecular formula is C10H16N2O2. The molecule has 2 atom stereocenters. The van der Waals surface area contributed by atoms with Crippen molar-refractivity contribution < 1.29 is 9.59 Å². The number of nitrogens with one attached hydrogen (secondary N) is 1. The fraction of sp³-hybridized carbons (Fsp3) is 0.800. The van der Waals surface area contributed by atoms with Gasteiger partial charge in [0, 0.05) is 6.04 Å². The third-order valence-corrected chi connectivity index (χ3v) is 2.95. The Labute approximate surface area is 83.6 Å². The Balaban J connectivity index is 2.20. The van der Waals surface area contributed by atoms with Crippen molar-refractivity contribution in [2.24, 2.45) is 0 Å². The Kier molecular flexibility index (Phi) is 2.21. The van der Waals surface area contributed by atoms with E-state index in [-0.39, 0.29) is 23.9 Å². The van der Waals surface area contributed by atoms with Crippen LogP contribution in [-0.2, 0) is 9.59 Å². The number of carbonyl (C=O) groups is 2. The van der Waals surface area contributed by atoms with Gasteiger partial charge in [-0.2, -0.15) is 0 Å². The van der Waals surface area contributed by atoms with Gasteiger partial charge in [0.25, 0.3) is 0 Å². The number of nitrogens with zero attached hydrogens (tertiary/aromatic N) is 1. The van der Waals surface area contributed by atoms with Crippen LogP contribution in [0.2, 0.25) is 0 Å². The molecule has 0 aromatic carbocycles. The lowest BCUT2D eigenvalue weighted by Gasteiger charge is -2.37. The number of piperazine rings is 1. The molecule has 1 N–H and O–H groups in total. The zero-order chi connectivity index (χ0) is 10.3. The molecule has 78 valence electrons. The molecule has 1 saturated carbocycles. The molecule has 0 bridgehead atoms. The van der Waals surface area contributed by atoms with Gasteiger partial charge in [-0.05, 0) is 26.2 Å². The van der Waals surface area contributed by atoms with Gasteiger partial charge in [0.2, 0.25) is 11.8 Å². The molecule has 4 heteroatoms. The van der Waals surface area contributed by atoms with Crippen molar-refractivity contribution in [1.29, 1.82) is 0 Å². The normalized spacial score (nSPS) is 33.1. The van der Waals surface area contributed by atoms with E-state index in [0.717, 1.165) is 12.8 Å². The molecule has 2 fully saturated rings. The first-order valence-corrected chi connectivity index (χ1v) is 5.27. The van der Waals surface area contributed by atoms with Gasteiger partial charge >= 0.3 is 0 Å². The van der Waals surface area contributed by atoms with Crippen LogP contribution in [-0.4, -0.2) is 34.8 Å². The second-order valence-electron chi connectivity index (χ2n) is 4.13. The highest BCUT2D eigenvalue weighted by atomic mass is 16.2. The molecule has 4 nitrogen and oxygen atoms in total. The molecule has 0 aromatic rings. The third-order valence-electron chi connectivity index (χ3n) is 2.95. The van der Waals surface area contributed by atoms with Crippen LogP contribution in [0.1, 0.15) is 33.1 Å². The summed E-state index contributed by atoms with van der Waals surface area (Å²) in [5, 5.41) is 2.71. The fourth-order valence-electron chi connectivity index (χ4n) is 2.04. The molecule has 0 spiro atoms. The number of rotatable bonds is 2. The first kappa shape index (κ1) is 9.49. The molecule has 0 radical (unpaired) electrons. The van der Waals surface area contributed by atoms with Gasteiger partial charge in [0.05, 0.1) is 0 Å². The van der Waals surface area contributed by atoms with Crippen molar-refractivity contribution in [2.75, 3.05) is 0 Å². The predicted molar refractivity (Wildman–Crippen MR) is 51.6 cm³/mol. The first-order valence-electron chi connectivity index (χ1n) is 5.27. The highest BCUT2D eigenvalue weighted by molar-refractivity contribution is 5.97. The minimum Gasteiger partial charge on any atom is -0.343 e. The summed E-state index contributed by atoms with van der Waals surface area (Å²) < 4.78 is 0.